The number of nitrogens with one attached hydrogen (secondary N) is 2. The molecule has 3 rings (SSSR count). The Bertz CT molecular complexity index is 954. The predicted molar refractivity (Wildman–Crippen MR) is 103 cm³/mol. The number of thiocarbonyl (C=S) groups is 1. The molecule has 0 saturated carbocycles. The standard InChI is InChI=1S/C17H13Cl2N3O2S/c1-9(23)20-17(25)21-12-4-2-10(3-5-12)6-15-22-14-8-11(18)7-13(19)16(14)24-15/h2-5,7-8H,6H2,1H3,(H2,20,21,23,25). The minimum absolute atomic E-state index is 0.219. The Morgan fingerprint density at radius 1 is 1.24 bits per heavy atom. The fourth-order valence-electron chi connectivity index (χ4n) is 2.28. The largest absolute Gasteiger partial charge is 0.439 e. The number of benzene rings is 2. The van der Waals surface area contributed by atoms with Gasteiger partial charge in [-0.2, -0.15) is 0 Å². The first-order valence-corrected chi connectivity index (χ1v) is 8.49. The fraction of sp³-hybridized carbons (Fsp3) is 0.118. The van der Waals surface area contributed by atoms with Gasteiger partial charge in [0.05, 0.1) is 5.02 Å². The second-order valence-electron chi connectivity index (χ2n) is 5.35. The number of rotatable bonds is 3. The first kappa shape index (κ1) is 17.7. The molecular weight excluding hydrogens is 381 g/mol. The smallest absolute Gasteiger partial charge is 0.222 e. The second-order valence-corrected chi connectivity index (χ2v) is 6.60. The number of carbonyl (C=O) groups is 1. The summed E-state index contributed by atoms with van der Waals surface area (Å²) in [5, 5.41) is 6.64. The van der Waals surface area contributed by atoms with Crippen LogP contribution in [0.1, 0.15) is 18.4 Å². The third kappa shape index (κ3) is 4.48. The van der Waals surface area contributed by atoms with E-state index in [0.29, 0.717) is 33.5 Å². The molecule has 0 fully saturated rings. The number of hydrogen-bond acceptors (Lipinski definition) is 4. The Morgan fingerprint density at radius 3 is 2.64 bits per heavy atom. The Kier molecular flexibility index (Phi) is 5.22. The van der Waals surface area contributed by atoms with E-state index < -0.39 is 0 Å². The molecule has 1 aromatic heterocycles. The molecule has 8 heteroatoms. The van der Waals surface area contributed by atoms with Gasteiger partial charge in [-0.25, -0.2) is 4.98 Å². The Labute approximate surface area is 159 Å². The highest BCUT2D eigenvalue weighted by Crippen LogP contribution is 2.29. The van der Waals surface area contributed by atoms with Gasteiger partial charge in [0.15, 0.2) is 16.6 Å². The maximum Gasteiger partial charge on any atom is 0.222 e. The van der Waals surface area contributed by atoms with Crippen molar-refractivity contribution < 1.29 is 9.21 Å². The van der Waals surface area contributed by atoms with E-state index in [1.54, 1.807) is 12.1 Å². The van der Waals surface area contributed by atoms with Gasteiger partial charge in [-0.05, 0) is 42.0 Å². The lowest BCUT2D eigenvalue weighted by atomic mass is 10.1. The van der Waals surface area contributed by atoms with Crippen LogP contribution in [0.4, 0.5) is 5.69 Å². The lowest BCUT2D eigenvalue weighted by molar-refractivity contribution is -0.117. The lowest BCUT2D eigenvalue weighted by Gasteiger charge is -2.08. The molecule has 0 saturated heterocycles. The van der Waals surface area contributed by atoms with E-state index in [0.717, 1.165) is 11.3 Å². The van der Waals surface area contributed by atoms with Crippen LogP contribution in [0, 0.1) is 0 Å². The number of amides is 1. The molecule has 1 amide bonds. The molecule has 0 aliphatic carbocycles. The zero-order chi connectivity index (χ0) is 18.0. The van der Waals surface area contributed by atoms with Crippen molar-refractivity contribution >= 4 is 63.2 Å². The molecule has 25 heavy (non-hydrogen) atoms. The number of aromatic nitrogens is 1. The quantitative estimate of drug-likeness (QED) is 0.638. The zero-order valence-electron chi connectivity index (χ0n) is 13.1. The second kappa shape index (κ2) is 7.39. The Morgan fingerprint density at radius 2 is 1.96 bits per heavy atom. The van der Waals surface area contributed by atoms with Crippen molar-refractivity contribution in [2.45, 2.75) is 13.3 Å². The molecule has 3 aromatic rings. The van der Waals surface area contributed by atoms with E-state index in [2.05, 4.69) is 15.6 Å². The van der Waals surface area contributed by atoms with Gasteiger partial charge in [0.2, 0.25) is 5.91 Å². The third-order valence-electron chi connectivity index (χ3n) is 3.31. The van der Waals surface area contributed by atoms with Gasteiger partial charge < -0.3 is 15.1 Å². The van der Waals surface area contributed by atoms with E-state index in [-0.39, 0.29) is 11.0 Å². The topological polar surface area (TPSA) is 67.2 Å². The van der Waals surface area contributed by atoms with Gasteiger partial charge in [-0.15, -0.1) is 0 Å². The summed E-state index contributed by atoms with van der Waals surface area (Å²) >= 11 is 17.1. The summed E-state index contributed by atoms with van der Waals surface area (Å²) in [7, 11) is 0. The molecule has 5 nitrogen and oxygen atoms in total. The number of oxazole rings is 1. The van der Waals surface area contributed by atoms with E-state index in [9.17, 15) is 4.79 Å². The average molecular weight is 394 g/mol. The normalized spacial score (nSPS) is 10.7. The van der Waals surface area contributed by atoms with Crippen LogP contribution in [0.25, 0.3) is 11.1 Å². The highest BCUT2D eigenvalue weighted by molar-refractivity contribution is 7.80. The minimum Gasteiger partial charge on any atom is -0.439 e. The third-order valence-corrected chi connectivity index (χ3v) is 4.01. The SMILES string of the molecule is CC(=O)NC(=S)Nc1ccc(Cc2nc3cc(Cl)cc(Cl)c3o2)cc1. The van der Waals surface area contributed by atoms with E-state index >= 15 is 0 Å². The molecule has 2 N–H and O–H groups in total. The summed E-state index contributed by atoms with van der Waals surface area (Å²) in [5.41, 5.74) is 2.94. The maximum atomic E-state index is 10.9. The van der Waals surface area contributed by atoms with Crippen LogP contribution < -0.4 is 10.6 Å². The van der Waals surface area contributed by atoms with Crippen LogP contribution in [-0.4, -0.2) is 16.0 Å². The monoisotopic (exact) mass is 393 g/mol. The van der Waals surface area contributed by atoms with Crippen LogP contribution in [0.15, 0.2) is 40.8 Å². The van der Waals surface area contributed by atoms with Crippen molar-refractivity contribution in [1.82, 2.24) is 10.3 Å². The van der Waals surface area contributed by atoms with Gasteiger partial charge in [0.1, 0.15) is 5.52 Å². The summed E-state index contributed by atoms with van der Waals surface area (Å²) in [5.74, 6) is 0.331. The summed E-state index contributed by atoms with van der Waals surface area (Å²) in [6.07, 6.45) is 0.513. The van der Waals surface area contributed by atoms with Crippen LogP contribution in [0.3, 0.4) is 0 Å². The Balaban J connectivity index is 1.72. The molecule has 0 spiro atoms. The average Bonchev–Trinajstić information content (AvgIpc) is 2.91. The highest BCUT2D eigenvalue weighted by Gasteiger charge is 2.11. The number of halogens is 2. The maximum absolute atomic E-state index is 10.9. The summed E-state index contributed by atoms with van der Waals surface area (Å²) in [4.78, 5) is 15.4. The molecule has 0 aliphatic rings. The van der Waals surface area contributed by atoms with Crippen LogP contribution in [-0.2, 0) is 11.2 Å². The number of fused-ring (bicyclic) bond motifs is 1. The van der Waals surface area contributed by atoms with Crippen LogP contribution >= 0.6 is 35.4 Å². The summed E-state index contributed by atoms with van der Waals surface area (Å²) in [6, 6.07) is 10.9. The summed E-state index contributed by atoms with van der Waals surface area (Å²) < 4.78 is 5.71. The molecule has 128 valence electrons. The van der Waals surface area contributed by atoms with Crippen molar-refractivity contribution in [2.24, 2.45) is 0 Å². The predicted octanol–water partition coefficient (Wildman–Crippen LogP) is 4.56. The first-order chi connectivity index (χ1) is 11.9. The van der Waals surface area contributed by atoms with E-state index in [1.807, 2.05) is 24.3 Å². The Hall–Kier alpha value is -2.15. The van der Waals surface area contributed by atoms with Crippen LogP contribution in [0.5, 0.6) is 0 Å². The van der Waals surface area contributed by atoms with Crippen molar-refractivity contribution in [3.05, 3.63) is 57.9 Å². The van der Waals surface area contributed by atoms with Gasteiger partial charge in [0, 0.05) is 24.1 Å². The van der Waals surface area contributed by atoms with Crippen molar-refractivity contribution in [1.29, 1.82) is 0 Å². The molecule has 0 bridgehead atoms. The number of hydrogen-bond donors (Lipinski definition) is 2. The van der Waals surface area contributed by atoms with Crippen molar-refractivity contribution in [2.75, 3.05) is 5.32 Å². The van der Waals surface area contributed by atoms with Gasteiger partial charge in [0.25, 0.3) is 0 Å². The number of anilines is 1. The van der Waals surface area contributed by atoms with Gasteiger partial charge in [-0.1, -0.05) is 35.3 Å². The van der Waals surface area contributed by atoms with Crippen molar-refractivity contribution in [3.63, 3.8) is 0 Å². The molecule has 0 radical (unpaired) electrons. The van der Waals surface area contributed by atoms with Crippen molar-refractivity contribution in [3.8, 4) is 0 Å². The minimum atomic E-state index is -0.219. The molecular formula is C17H13Cl2N3O2S. The van der Waals surface area contributed by atoms with Gasteiger partial charge in [-0.3, -0.25) is 4.79 Å². The number of carbonyl (C=O) groups excluding carboxylic acids is 1. The van der Waals surface area contributed by atoms with E-state index in [1.165, 1.54) is 6.92 Å². The fourth-order valence-corrected chi connectivity index (χ4v) is 3.07. The molecule has 0 aliphatic heterocycles. The van der Waals surface area contributed by atoms with Crippen LogP contribution in [0.2, 0.25) is 10.0 Å². The molecule has 1 heterocycles. The molecule has 0 atom stereocenters. The first-order valence-electron chi connectivity index (χ1n) is 7.32. The molecule has 2 aromatic carbocycles. The number of nitrogens with zero attached hydrogens (tertiary/aromatic N) is 1. The highest BCUT2D eigenvalue weighted by atomic mass is 35.5. The van der Waals surface area contributed by atoms with Gasteiger partial charge >= 0.3 is 0 Å². The molecule has 0 unspecified atom stereocenters. The zero-order valence-corrected chi connectivity index (χ0v) is 15.4. The summed E-state index contributed by atoms with van der Waals surface area (Å²) in [6.45, 7) is 1.40. The van der Waals surface area contributed by atoms with E-state index in [4.69, 9.17) is 39.8 Å². The lowest BCUT2D eigenvalue weighted by Crippen LogP contribution is -2.32.